The van der Waals surface area contributed by atoms with E-state index < -0.39 is 22.9 Å². The Bertz CT molecular complexity index is 884. The summed E-state index contributed by atoms with van der Waals surface area (Å²) < 4.78 is 0. The van der Waals surface area contributed by atoms with Crippen LogP contribution in [0.3, 0.4) is 0 Å². The Kier molecular flexibility index (Phi) is 4.56. The number of nitrogens with zero attached hydrogens (tertiary/aromatic N) is 1. The van der Waals surface area contributed by atoms with E-state index in [-0.39, 0.29) is 23.8 Å². The monoisotopic (exact) mass is 421 g/mol. The van der Waals surface area contributed by atoms with Crippen LogP contribution in [-0.4, -0.2) is 46.2 Å². The first-order valence-corrected chi connectivity index (χ1v) is 11.2. The van der Waals surface area contributed by atoms with Crippen molar-refractivity contribution in [2.24, 2.45) is 11.8 Å². The van der Waals surface area contributed by atoms with Crippen molar-refractivity contribution in [3.8, 4) is 0 Å². The number of carbonyl (C=O) groups excluding carboxylic acids is 3. The van der Waals surface area contributed by atoms with E-state index in [2.05, 4.69) is 10.6 Å². The molecule has 0 radical (unpaired) electrons. The number of benzene rings is 1. The van der Waals surface area contributed by atoms with Gasteiger partial charge in [-0.1, -0.05) is 11.6 Å². The van der Waals surface area contributed by atoms with Crippen LogP contribution < -0.4 is 10.6 Å². The number of rotatable bonds is 3. The van der Waals surface area contributed by atoms with E-state index in [1.807, 2.05) is 27.0 Å². The Morgan fingerprint density at radius 3 is 2.57 bits per heavy atom. The number of amides is 3. The molecule has 2 fully saturated rings. The lowest BCUT2D eigenvalue weighted by Gasteiger charge is -2.34. The SMILES string of the molecule is CSCC[C@H]1N[C@@]2(C(=O)Nc3ccc(Cl)cc32)[C@H]2C(=O)N(C(C)(C)C)C(=O)[C@H]12. The lowest BCUT2D eigenvalue weighted by atomic mass is 9.76. The summed E-state index contributed by atoms with van der Waals surface area (Å²) in [6.07, 6.45) is 2.70. The highest BCUT2D eigenvalue weighted by molar-refractivity contribution is 7.98. The lowest BCUT2D eigenvalue weighted by Crippen LogP contribution is -2.55. The molecule has 4 rings (SSSR count). The van der Waals surface area contributed by atoms with Gasteiger partial charge in [-0.15, -0.1) is 0 Å². The van der Waals surface area contributed by atoms with Gasteiger partial charge >= 0.3 is 0 Å². The maximum atomic E-state index is 13.5. The second-order valence-electron chi connectivity index (χ2n) is 8.67. The van der Waals surface area contributed by atoms with Crippen LogP contribution in [0.5, 0.6) is 0 Å². The fourth-order valence-electron chi connectivity index (χ4n) is 4.93. The van der Waals surface area contributed by atoms with Crippen LogP contribution in [0.1, 0.15) is 32.8 Å². The van der Waals surface area contributed by atoms with Crippen LogP contribution in [0.25, 0.3) is 0 Å². The fourth-order valence-corrected chi connectivity index (χ4v) is 5.59. The van der Waals surface area contributed by atoms with Gasteiger partial charge in [-0.05, 0) is 57.4 Å². The van der Waals surface area contributed by atoms with Gasteiger partial charge in [0.05, 0.1) is 11.8 Å². The summed E-state index contributed by atoms with van der Waals surface area (Å²) in [5, 5.41) is 6.80. The van der Waals surface area contributed by atoms with Gasteiger partial charge in [0.15, 0.2) is 0 Å². The summed E-state index contributed by atoms with van der Waals surface area (Å²) >= 11 is 7.91. The molecule has 6 nitrogen and oxygen atoms in total. The molecule has 0 aliphatic carbocycles. The van der Waals surface area contributed by atoms with E-state index in [0.29, 0.717) is 22.7 Å². The number of imide groups is 1. The van der Waals surface area contributed by atoms with Crippen LogP contribution in [0.15, 0.2) is 18.2 Å². The topological polar surface area (TPSA) is 78.5 Å². The van der Waals surface area contributed by atoms with Crippen LogP contribution >= 0.6 is 23.4 Å². The zero-order chi connectivity index (χ0) is 20.4. The molecule has 150 valence electrons. The minimum Gasteiger partial charge on any atom is -0.324 e. The third kappa shape index (κ3) is 2.56. The van der Waals surface area contributed by atoms with Crippen LogP contribution in [0.2, 0.25) is 5.02 Å². The summed E-state index contributed by atoms with van der Waals surface area (Å²) in [6.45, 7) is 5.54. The van der Waals surface area contributed by atoms with Gasteiger partial charge in [0.2, 0.25) is 17.7 Å². The Balaban J connectivity index is 1.89. The Labute approximate surface area is 173 Å². The zero-order valence-electron chi connectivity index (χ0n) is 16.3. The molecular formula is C20H24ClN3O3S. The third-order valence-corrected chi connectivity index (χ3v) is 6.86. The number of halogens is 1. The maximum Gasteiger partial charge on any atom is 0.250 e. The van der Waals surface area contributed by atoms with Gasteiger partial charge in [0.1, 0.15) is 5.54 Å². The molecule has 0 aromatic heterocycles. The highest BCUT2D eigenvalue weighted by Gasteiger charge is 2.71. The molecule has 3 aliphatic rings. The molecule has 0 saturated carbocycles. The first-order valence-electron chi connectivity index (χ1n) is 9.39. The van der Waals surface area contributed by atoms with E-state index in [1.54, 1.807) is 30.0 Å². The number of carbonyl (C=O) groups is 3. The van der Waals surface area contributed by atoms with Gasteiger partial charge in [0, 0.05) is 27.9 Å². The average molecular weight is 422 g/mol. The summed E-state index contributed by atoms with van der Waals surface area (Å²) in [6, 6.07) is 4.93. The van der Waals surface area contributed by atoms with E-state index in [1.165, 1.54) is 4.90 Å². The van der Waals surface area contributed by atoms with E-state index in [0.717, 1.165) is 5.75 Å². The third-order valence-electron chi connectivity index (χ3n) is 5.98. The summed E-state index contributed by atoms with van der Waals surface area (Å²) in [5.74, 6) is -1.27. The van der Waals surface area contributed by atoms with Crippen molar-refractivity contribution < 1.29 is 14.4 Å². The molecule has 3 aliphatic heterocycles. The first kappa shape index (κ1) is 19.7. The van der Waals surface area contributed by atoms with Crippen LogP contribution in [-0.2, 0) is 19.9 Å². The van der Waals surface area contributed by atoms with Gasteiger partial charge in [-0.2, -0.15) is 11.8 Å². The first-order chi connectivity index (χ1) is 13.1. The van der Waals surface area contributed by atoms with Crippen LogP contribution in [0.4, 0.5) is 5.69 Å². The van der Waals surface area contributed by atoms with Crippen molar-refractivity contribution in [2.75, 3.05) is 17.3 Å². The van der Waals surface area contributed by atoms with Crippen molar-refractivity contribution in [3.05, 3.63) is 28.8 Å². The largest absolute Gasteiger partial charge is 0.324 e. The van der Waals surface area contributed by atoms with Crippen molar-refractivity contribution in [1.82, 2.24) is 10.2 Å². The van der Waals surface area contributed by atoms with Gasteiger partial charge in [0.25, 0.3) is 0 Å². The van der Waals surface area contributed by atoms with E-state index in [9.17, 15) is 14.4 Å². The number of hydrogen-bond donors (Lipinski definition) is 2. The highest BCUT2D eigenvalue weighted by Crippen LogP contribution is 2.54. The normalized spacial score (nSPS) is 31.5. The second-order valence-corrected chi connectivity index (χ2v) is 10.1. The lowest BCUT2D eigenvalue weighted by molar-refractivity contribution is -0.147. The molecule has 4 atom stereocenters. The quantitative estimate of drug-likeness (QED) is 0.733. The molecule has 1 aromatic rings. The minimum atomic E-state index is -1.26. The zero-order valence-corrected chi connectivity index (χ0v) is 17.9. The average Bonchev–Trinajstić information content (AvgIpc) is 3.18. The minimum absolute atomic E-state index is 0.193. The fraction of sp³-hybridized carbons (Fsp3) is 0.550. The molecular weight excluding hydrogens is 398 g/mol. The van der Waals surface area contributed by atoms with Crippen molar-refractivity contribution >= 4 is 46.8 Å². The number of fused-ring (bicyclic) bond motifs is 4. The van der Waals surface area contributed by atoms with Crippen molar-refractivity contribution in [1.29, 1.82) is 0 Å². The van der Waals surface area contributed by atoms with Gasteiger partial charge in [-0.3, -0.25) is 24.6 Å². The summed E-state index contributed by atoms with van der Waals surface area (Å²) in [5.41, 5.74) is -0.610. The Morgan fingerprint density at radius 1 is 1.21 bits per heavy atom. The number of thioether (sulfide) groups is 1. The van der Waals surface area contributed by atoms with Crippen LogP contribution in [0, 0.1) is 11.8 Å². The molecule has 1 spiro atoms. The second kappa shape index (κ2) is 6.47. The number of anilines is 1. The number of likely N-dealkylation sites (tertiary alicyclic amines) is 1. The summed E-state index contributed by atoms with van der Waals surface area (Å²) in [7, 11) is 0. The molecule has 28 heavy (non-hydrogen) atoms. The van der Waals surface area contributed by atoms with Crippen molar-refractivity contribution in [2.45, 2.75) is 44.3 Å². The molecule has 1 aromatic carbocycles. The Hall–Kier alpha value is -1.57. The maximum absolute atomic E-state index is 13.5. The van der Waals surface area contributed by atoms with Crippen molar-refractivity contribution in [3.63, 3.8) is 0 Å². The molecule has 3 heterocycles. The summed E-state index contributed by atoms with van der Waals surface area (Å²) in [4.78, 5) is 41.4. The Morgan fingerprint density at radius 2 is 1.93 bits per heavy atom. The van der Waals surface area contributed by atoms with E-state index in [4.69, 9.17) is 11.6 Å². The molecule has 0 bridgehead atoms. The predicted molar refractivity (Wildman–Crippen MR) is 110 cm³/mol. The molecule has 2 N–H and O–H groups in total. The molecule has 2 saturated heterocycles. The molecule has 3 amide bonds. The highest BCUT2D eigenvalue weighted by atomic mass is 35.5. The number of nitrogens with one attached hydrogen (secondary N) is 2. The molecule has 0 unspecified atom stereocenters. The van der Waals surface area contributed by atoms with E-state index >= 15 is 0 Å². The standard InChI is InChI=1S/C20H24ClN3O3S/c1-19(2,3)24-16(25)14-13(7-8-28-4)23-20(15(14)17(24)26)11-9-10(21)5-6-12(11)22-18(20)27/h5-6,9,13-15,23H,7-8H2,1-4H3,(H,22,27)/t13-,14-,15-,20-/m1/s1. The number of hydrogen-bond acceptors (Lipinski definition) is 5. The smallest absolute Gasteiger partial charge is 0.250 e. The predicted octanol–water partition coefficient (Wildman–Crippen LogP) is 2.61. The molecule has 8 heteroatoms. The van der Waals surface area contributed by atoms with Gasteiger partial charge in [-0.25, -0.2) is 0 Å². The van der Waals surface area contributed by atoms with Gasteiger partial charge < -0.3 is 5.32 Å².